The van der Waals surface area contributed by atoms with Gasteiger partial charge in [0.1, 0.15) is 12.6 Å². The standard InChI is InChI=1S/C13H23NO5/c1-5-17-11(16)10-6-9(15)7-14(10)13(8-18-13)19-12(2,3)4/h9-10,15H,5-8H2,1-4H3/t9-,10+,13?/m1/s1. The summed E-state index contributed by atoms with van der Waals surface area (Å²) in [6, 6.07) is -0.500. The van der Waals surface area contributed by atoms with Crippen molar-refractivity contribution in [3.8, 4) is 0 Å². The highest BCUT2D eigenvalue weighted by molar-refractivity contribution is 5.76. The van der Waals surface area contributed by atoms with Crippen molar-refractivity contribution in [3.05, 3.63) is 0 Å². The monoisotopic (exact) mass is 273 g/mol. The fourth-order valence-electron chi connectivity index (χ4n) is 2.48. The van der Waals surface area contributed by atoms with Crippen LogP contribution in [0.25, 0.3) is 0 Å². The maximum atomic E-state index is 12.0. The zero-order chi connectivity index (χ0) is 14.3. The van der Waals surface area contributed by atoms with Crippen LogP contribution in [0.3, 0.4) is 0 Å². The van der Waals surface area contributed by atoms with Crippen molar-refractivity contribution in [2.24, 2.45) is 0 Å². The van der Waals surface area contributed by atoms with Gasteiger partial charge in [-0.25, -0.2) is 4.90 Å². The molecule has 0 spiro atoms. The molecule has 2 heterocycles. The zero-order valence-electron chi connectivity index (χ0n) is 12.0. The van der Waals surface area contributed by atoms with Crippen molar-refractivity contribution in [1.29, 1.82) is 0 Å². The van der Waals surface area contributed by atoms with Crippen LogP contribution in [-0.2, 0) is 19.0 Å². The smallest absolute Gasteiger partial charge is 0.323 e. The molecule has 6 nitrogen and oxygen atoms in total. The van der Waals surface area contributed by atoms with Crippen molar-refractivity contribution >= 4 is 5.97 Å². The largest absolute Gasteiger partial charge is 0.465 e. The average Bonchev–Trinajstić information content (AvgIpc) is 2.90. The van der Waals surface area contributed by atoms with Crippen molar-refractivity contribution in [1.82, 2.24) is 4.90 Å². The predicted molar refractivity (Wildman–Crippen MR) is 67.3 cm³/mol. The van der Waals surface area contributed by atoms with Crippen molar-refractivity contribution < 1.29 is 24.1 Å². The Morgan fingerprint density at radius 3 is 2.63 bits per heavy atom. The maximum Gasteiger partial charge on any atom is 0.323 e. The zero-order valence-corrected chi connectivity index (χ0v) is 12.0. The average molecular weight is 273 g/mol. The van der Waals surface area contributed by atoms with Crippen molar-refractivity contribution in [2.75, 3.05) is 19.8 Å². The van der Waals surface area contributed by atoms with E-state index in [1.54, 1.807) is 11.8 Å². The molecule has 2 saturated heterocycles. The third-order valence-electron chi connectivity index (χ3n) is 3.13. The van der Waals surface area contributed by atoms with E-state index >= 15 is 0 Å². The molecule has 1 unspecified atom stereocenters. The molecule has 2 aliphatic rings. The molecule has 2 rings (SSSR count). The summed E-state index contributed by atoms with van der Waals surface area (Å²) in [6.07, 6.45) is -0.198. The fraction of sp³-hybridized carbons (Fsp3) is 0.923. The van der Waals surface area contributed by atoms with E-state index < -0.39 is 18.1 Å². The highest BCUT2D eigenvalue weighted by atomic mass is 16.8. The molecule has 2 fully saturated rings. The number of rotatable bonds is 4. The minimum absolute atomic E-state index is 0.327. The van der Waals surface area contributed by atoms with Gasteiger partial charge >= 0.3 is 5.97 Å². The third-order valence-corrected chi connectivity index (χ3v) is 3.13. The fourth-order valence-corrected chi connectivity index (χ4v) is 2.48. The van der Waals surface area contributed by atoms with Gasteiger partial charge < -0.3 is 19.3 Å². The van der Waals surface area contributed by atoms with E-state index in [9.17, 15) is 9.90 Å². The number of carbonyl (C=O) groups is 1. The lowest BCUT2D eigenvalue weighted by atomic mass is 10.2. The number of aliphatic hydroxyl groups excluding tert-OH is 1. The predicted octanol–water partition coefficient (Wildman–Crippen LogP) is 0.484. The number of epoxide rings is 1. The molecule has 2 aliphatic heterocycles. The summed E-state index contributed by atoms with van der Waals surface area (Å²) in [5.41, 5.74) is -0.386. The molecule has 1 N–H and O–H groups in total. The number of β-amino-alcohol motifs (C(OH)–C–C–N with tert-alkyl or cyclic N) is 1. The molecule has 0 amide bonds. The van der Waals surface area contributed by atoms with Crippen LogP contribution in [0.4, 0.5) is 0 Å². The number of ether oxygens (including phenoxy) is 3. The Labute approximate surface area is 113 Å². The molecule has 110 valence electrons. The van der Waals surface area contributed by atoms with E-state index in [1.807, 2.05) is 20.8 Å². The Bertz CT molecular complexity index is 347. The molecular weight excluding hydrogens is 250 g/mol. The van der Waals surface area contributed by atoms with Crippen LogP contribution < -0.4 is 0 Å². The van der Waals surface area contributed by atoms with Crippen LogP contribution in [0.5, 0.6) is 0 Å². The number of aliphatic hydroxyl groups is 1. The van der Waals surface area contributed by atoms with E-state index in [-0.39, 0.29) is 11.6 Å². The first-order valence-corrected chi connectivity index (χ1v) is 6.73. The first kappa shape index (κ1) is 14.7. The summed E-state index contributed by atoms with van der Waals surface area (Å²) >= 11 is 0. The first-order chi connectivity index (χ1) is 8.77. The molecular formula is C13H23NO5. The van der Waals surface area contributed by atoms with Gasteiger partial charge in [0, 0.05) is 13.0 Å². The number of likely N-dealkylation sites (tertiary alicyclic amines) is 1. The summed E-state index contributed by atoms with van der Waals surface area (Å²) in [5, 5.41) is 9.82. The lowest BCUT2D eigenvalue weighted by Gasteiger charge is -2.33. The van der Waals surface area contributed by atoms with Gasteiger partial charge in [-0.05, 0) is 27.7 Å². The van der Waals surface area contributed by atoms with Gasteiger partial charge in [0.2, 0.25) is 0 Å². The molecule has 0 aromatic rings. The summed E-state index contributed by atoms with van der Waals surface area (Å²) < 4.78 is 16.4. The van der Waals surface area contributed by atoms with Crippen LogP contribution in [-0.4, -0.2) is 59.4 Å². The lowest BCUT2D eigenvalue weighted by molar-refractivity contribution is -0.214. The molecule has 0 radical (unpaired) electrons. The van der Waals surface area contributed by atoms with Crippen LogP contribution >= 0.6 is 0 Å². The highest BCUT2D eigenvalue weighted by Crippen LogP contribution is 2.41. The topological polar surface area (TPSA) is 71.5 Å². The first-order valence-electron chi connectivity index (χ1n) is 6.73. The van der Waals surface area contributed by atoms with Gasteiger partial charge in [0.15, 0.2) is 0 Å². The van der Waals surface area contributed by atoms with E-state index in [0.29, 0.717) is 26.2 Å². The second-order valence-corrected chi connectivity index (χ2v) is 6.03. The Balaban J connectivity index is 2.11. The molecule has 0 aromatic heterocycles. The van der Waals surface area contributed by atoms with Crippen LogP contribution in [0, 0.1) is 0 Å². The molecule has 0 bridgehead atoms. The minimum atomic E-state index is -0.882. The number of carbonyl (C=O) groups excluding carboxylic acids is 1. The number of hydrogen-bond acceptors (Lipinski definition) is 6. The van der Waals surface area contributed by atoms with Gasteiger partial charge in [-0.3, -0.25) is 4.79 Å². The van der Waals surface area contributed by atoms with Gasteiger partial charge in [0.25, 0.3) is 5.91 Å². The second kappa shape index (κ2) is 5.01. The van der Waals surface area contributed by atoms with Gasteiger partial charge in [-0.1, -0.05) is 0 Å². The van der Waals surface area contributed by atoms with Crippen LogP contribution in [0.1, 0.15) is 34.1 Å². The summed E-state index contributed by atoms with van der Waals surface area (Å²) in [5.74, 6) is -1.21. The molecule has 0 aliphatic carbocycles. The van der Waals surface area contributed by atoms with Gasteiger partial charge in [-0.15, -0.1) is 0 Å². The summed E-state index contributed by atoms with van der Waals surface area (Å²) in [7, 11) is 0. The lowest BCUT2D eigenvalue weighted by Crippen LogP contribution is -2.50. The Kier molecular flexibility index (Phi) is 3.88. The maximum absolute atomic E-state index is 12.0. The summed E-state index contributed by atoms with van der Waals surface area (Å²) in [6.45, 7) is 8.66. The minimum Gasteiger partial charge on any atom is -0.465 e. The normalized spacial score (nSPS) is 35.4. The van der Waals surface area contributed by atoms with E-state index in [2.05, 4.69) is 0 Å². The SMILES string of the molecule is CCOC(=O)[C@@H]1C[C@@H](O)CN1C1(OC(C)(C)C)CO1. The Hall–Kier alpha value is -0.690. The highest BCUT2D eigenvalue weighted by Gasteiger charge is 2.60. The molecule has 19 heavy (non-hydrogen) atoms. The van der Waals surface area contributed by atoms with E-state index in [0.717, 1.165) is 0 Å². The molecule has 0 saturated carbocycles. The molecule has 3 atom stereocenters. The number of esters is 1. The number of hydrogen-bond donors (Lipinski definition) is 1. The van der Waals surface area contributed by atoms with Crippen molar-refractivity contribution in [2.45, 2.75) is 57.8 Å². The Morgan fingerprint density at radius 1 is 1.53 bits per heavy atom. The third kappa shape index (κ3) is 3.25. The van der Waals surface area contributed by atoms with Gasteiger partial charge in [0.05, 0.1) is 18.3 Å². The van der Waals surface area contributed by atoms with E-state index in [1.165, 1.54) is 0 Å². The van der Waals surface area contributed by atoms with Crippen molar-refractivity contribution in [3.63, 3.8) is 0 Å². The quantitative estimate of drug-likeness (QED) is 0.593. The van der Waals surface area contributed by atoms with E-state index in [4.69, 9.17) is 14.2 Å². The van der Waals surface area contributed by atoms with Crippen LogP contribution in [0.2, 0.25) is 0 Å². The molecule has 0 aromatic carbocycles. The molecule has 6 heteroatoms. The van der Waals surface area contributed by atoms with Crippen LogP contribution in [0.15, 0.2) is 0 Å². The number of nitrogens with zero attached hydrogens (tertiary/aromatic N) is 1. The van der Waals surface area contributed by atoms with Gasteiger partial charge in [-0.2, -0.15) is 0 Å². The summed E-state index contributed by atoms with van der Waals surface area (Å²) in [4.78, 5) is 13.7. The second-order valence-electron chi connectivity index (χ2n) is 6.03. The Morgan fingerprint density at radius 2 is 2.16 bits per heavy atom.